The number of nitriles is 1. The summed E-state index contributed by atoms with van der Waals surface area (Å²) in [5, 5.41) is 12.1. The minimum atomic E-state index is 0.275. The maximum Gasteiger partial charge on any atom is 0.231 e. The van der Waals surface area contributed by atoms with Crippen molar-refractivity contribution in [1.82, 2.24) is 9.97 Å². The molecule has 2 heterocycles. The van der Waals surface area contributed by atoms with Crippen LogP contribution in [0.4, 0.5) is 5.95 Å². The molecule has 1 aromatic heterocycles. The second kappa shape index (κ2) is 4.97. The average molecular weight is 292 g/mol. The Hall–Kier alpha value is -3.20. The molecular weight excluding hydrogens is 280 g/mol. The van der Waals surface area contributed by atoms with Crippen LogP contribution in [0.1, 0.15) is 11.1 Å². The zero-order chi connectivity index (χ0) is 14.9. The van der Waals surface area contributed by atoms with Gasteiger partial charge in [-0.15, -0.1) is 0 Å². The molecule has 2 aromatic carbocycles. The molecule has 0 atom stereocenters. The van der Waals surface area contributed by atoms with Crippen molar-refractivity contribution in [1.29, 1.82) is 5.26 Å². The van der Waals surface area contributed by atoms with Crippen molar-refractivity contribution in [3.05, 3.63) is 47.5 Å². The molecule has 0 unspecified atom stereocenters. The van der Waals surface area contributed by atoms with Gasteiger partial charge in [-0.1, -0.05) is 6.07 Å². The summed E-state index contributed by atoms with van der Waals surface area (Å²) in [6, 6.07) is 13.3. The van der Waals surface area contributed by atoms with Crippen molar-refractivity contribution in [3.63, 3.8) is 0 Å². The molecule has 0 saturated carbocycles. The maximum absolute atomic E-state index is 8.91. The van der Waals surface area contributed by atoms with Gasteiger partial charge >= 0.3 is 0 Å². The van der Waals surface area contributed by atoms with E-state index in [2.05, 4.69) is 21.4 Å². The van der Waals surface area contributed by atoms with E-state index < -0.39 is 0 Å². The highest BCUT2D eigenvalue weighted by Crippen LogP contribution is 2.32. The Morgan fingerprint density at radius 3 is 3.00 bits per heavy atom. The van der Waals surface area contributed by atoms with Gasteiger partial charge in [-0.05, 0) is 35.9 Å². The third-order valence-electron chi connectivity index (χ3n) is 3.51. The van der Waals surface area contributed by atoms with E-state index in [1.165, 1.54) is 0 Å². The number of hydrogen-bond acceptors (Lipinski definition) is 5. The van der Waals surface area contributed by atoms with Crippen LogP contribution in [0.15, 0.2) is 36.4 Å². The molecule has 0 radical (unpaired) electrons. The van der Waals surface area contributed by atoms with E-state index >= 15 is 0 Å². The third-order valence-corrected chi connectivity index (χ3v) is 3.51. The number of fused-ring (bicyclic) bond motifs is 2. The summed E-state index contributed by atoms with van der Waals surface area (Å²) in [6.45, 7) is 0.887. The smallest absolute Gasteiger partial charge is 0.231 e. The predicted molar refractivity (Wildman–Crippen MR) is 80.7 cm³/mol. The molecule has 22 heavy (non-hydrogen) atoms. The summed E-state index contributed by atoms with van der Waals surface area (Å²) in [4.78, 5) is 7.61. The molecule has 0 spiro atoms. The topological polar surface area (TPSA) is 83.0 Å². The first-order chi connectivity index (χ1) is 10.8. The molecule has 6 nitrogen and oxygen atoms in total. The van der Waals surface area contributed by atoms with Crippen LogP contribution in [0.25, 0.3) is 11.0 Å². The molecule has 0 aliphatic carbocycles. The fourth-order valence-electron chi connectivity index (χ4n) is 2.40. The van der Waals surface area contributed by atoms with E-state index in [9.17, 15) is 0 Å². The van der Waals surface area contributed by atoms with Crippen LogP contribution in [0.5, 0.6) is 11.5 Å². The van der Waals surface area contributed by atoms with Crippen LogP contribution in [0.2, 0.25) is 0 Å². The second-order valence-electron chi connectivity index (χ2n) is 4.97. The molecule has 0 fully saturated rings. The van der Waals surface area contributed by atoms with Gasteiger partial charge in [0, 0.05) is 6.54 Å². The van der Waals surface area contributed by atoms with Crippen LogP contribution < -0.4 is 14.8 Å². The van der Waals surface area contributed by atoms with E-state index in [0.29, 0.717) is 18.1 Å². The van der Waals surface area contributed by atoms with Gasteiger partial charge in [0.2, 0.25) is 12.7 Å². The molecule has 108 valence electrons. The normalized spacial score (nSPS) is 12.3. The second-order valence-corrected chi connectivity index (χ2v) is 4.97. The first-order valence-corrected chi connectivity index (χ1v) is 6.84. The maximum atomic E-state index is 8.91. The summed E-state index contributed by atoms with van der Waals surface area (Å²) >= 11 is 0. The SMILES string of the molecule is N#Cc1ccc2nc(NCc3ccc4c(c3)OCO4)[nH]c2c1. The number of rotatable bonds is 3. The average Bonchev–Trinajstić information content (AvgIpc) is 3.17. The van der Waals surface area contributed by atoms with Crippen molar-refractivity contribution in [3.8, 4) is 17.6 Å². The molecule has 0 amide bonds. The Labute approximate surface area is 126 Å². The number of hydrogen-bond donors (Lipinski definition) is 2. The zero-order valence-corrected chi connectivity index (χ0v) is 11.6. The van der Waals surface area contributed by atoms with Crippen molar-refractivity contribution >= 4 is 17.0 Å². The lowest BCUT2D eigenvalue weighted by atomic mass is 10.2. The predicted octanol–water partition coefficient (Wildman–Crippen LogP) is 2.78. The molecule has 0 bridgehead atoms. The lowest BCUT2D eigenvalue weighted by Crippen LogP contribution is -2.00. The lowest BCUT2D eigenvalue weighted by molar-refractivity contribution is 0.174. The minimum Gasteiger partial charge on any atom is -0.454 e. The van der Waals surface area contributed by atoms with E-state index in [-0.39, 0.29) is 6.79 Å². The van der Waals surface area contributed by atoms with Crippen LogP contribution >= 0.6 is 0 Å². The van der Waals surface area contributed by atoms with E-state index in [0.717, 1.165) is 28.1 Å². The quantitative estimate of drug-likeness (QED) is 0.775. The summed E-state index contributed by atoms with van der Waals surface area (Å²) in [5.41, 5.74) is 3.35. The molecule has 4 rings (SSSR count). The Morgan fingerprint density at radius 2 is 2.09 bits per heavy atom. The molecule has 1 aliphatic rings. The highest BCUT2D eigenvalue weighted by molar-refractivity contribution is 5.78. The Morgan fingerprint density at radius 1 is 1.18 bits per heavy atom. The number of imidazole rings is 1. The van der Waals surface area contributed by atoms with Crippen molar-refractivity contribution < 1.29 is 9.47 Å². The van der Waals surface area contributed by atoms with Gasteiger partial charge in [0.25, 0.3) is 0 Å². The Balaban J connectivity index is 1.53. The minimum absolute atomic E-state index is 0.275. The highest BCUT2D eigenvalue weighted by atomic mass is 16.7. The number of aromatic amines is 1. The zero-order valence-electron chi connectivity index (χ0n) is 11.6. The monoisotopic (exact) mass is 292 g/mol. The third kappa shape index (κ3) is 2.19. The van der Waals surface area contributed by atoms with Gasteiger partial charge in [0.05, 0.1) is 22.7 Å². The fourth-order valence-corrected chi connectivity index (χ4v) is 2.40. The number of H-pyrrole nitrogens is 1. The van der Waals surface area contributed by atoms with Crippen molar-refractivity contribution in [2.45, 2.75) is 6.54 Å². The van der Waals surface area contributed by atoms with Gasteiger partial charge in [-0.2, -0.15) is 5.26 Å². The first-order valence-electron chi connectivity index (χ1n) is 6.84. The Kier molecular flexibility index (Phi) is 2.83. The van der Waals surface area contributed by atoms with Crippen LogP contribution in [0, 0.1) is 11.3 Å². The number of anilines is 1. The molecule has 3 aromatic rings. The van der Waals surface area contributed by atoms with E-state index in [1.54, 1.807) is 12.1 Å². The standard InChI is InChI=1S/C16H12N4O2/c17-7-10-1-3-12-13(5-10)20-16(19-12)18-8-11-2-4-14-15(6-11)22-9-21-14/h1-6H,8-9H2,(H2,18,19,20). The summed E-state index contributed by atoms with van der Waals surface area (Å²) in [6.07, 6.45) is 0. The summed E-state index contributed by atoms with van der Waals surface area (Å²) < 4.78 is 10.7. The lowest BCUT2D eigenvalue weighted by Gasteiger charge is -2.04. The van der Waals surface area contributed by atoms with E-state index in [4.69, 9.17) is 14.7 Å². The molecule has 1 aliphatic heterocycles. The van der Waals surface area contributed by atoms with Gasteiger partial charge in [-0.25, -0.2) is 4.98 Å². The number of aromatic nitrogens is 2. The van der Waals surface area contributed by atoms with Gasteiger partial charge in [0.1, 0.15) is 0 Å². The largest absolute Gasteiger partial charge is 0.454 e. The molecule has 6 heteroatoms. The first kappa shape index (κ1) is 12.5. The van der Waals surface area contributed by atoms with Crippen LogP contribution in [0.3, 0.4) is 0 Å². The summed E-state index contributed by atoms with van der Waals surface area (Å²) in [7, 11) is 0. The van der Waals surface area contributed by atoms with Crippen molar-refractivity contribution in [2.75, 3.05) is 12.1 Å². The van der Waals surface area contributed by atoms with Gasteiger partial charge in [-0.3, -0.25) is 0 Å². The number of nitrogens with zero attached hydrogens (tertiary/aromatic N) is 2. The Bertz CT molecular complexity index is 895. The fraction of sp³-hybridized carbons (Fsp3) is 0.125. The van der Waals surface area contributed by atoms with Crippen LogP contribution in [-0.2, 0) is 6.54 Å². The number of benzene rings is 2. The van der Waals surface area contributed by atoms with Crippen molar-refractivity contribution in [2.24, 2.45) is 0 Å². The highest BCUT2D eigenvalue weighted by Gasteiger charge is 2.13. The number of ether oxygens (including phenoxy) is 2. The number of nitrogens with one attached hydrogen (secondary N) is 2. The van der Waals surface area contributed by atoms with Crippen LogP contribution in [-0.4, -0.2) is 16.8 Å². The molecule has 0 saturated heterocycles. The summed E-state index contributed by atoms with van der Waals surface area (Å²) in [5.74, 6) is 2.21. The van der Waals surface area contributed by atoms with Gasteiger partial charge in [0.15, 0.2) is 11.5 Å². The molecule has 2 N–H and O–H groups in total. The molecular formula is C16H12N4O2. The van der Waals surface area contributed by atoms with Gasteiger partial charge < -0.3 is 19.8 Å². The van der Waals surface area contributed by atoms with E-state index in [1.807, 2.05) is 24.3 Å².